The number of hydrogen-bond acceptors (Lipinski definition) is 3. The van der Waals surface area contributed by atoms with E-state index in [1.807, 2.05) is 0 Å². The molecule has 0 aliphatic heterocycles. The maximum absolute atomic E-state index is 12.5. The highest BCUT2D eigenvalue weighted by Crippen LogP contribution is 2.17. The molecule has 2 rings (SSSR count). The molecule has 3 N–H and O–H groups in total. The molecular formula is C19H18BrClN2O3. The van der Waals surface area contributed by atoms with E-state index >= 15 is 0 Å². The van der Waals surface area contributed by atoms with Crippen LogP contribution in [0.25, 0.3) is 6.08 Å². The van der Waals surface area contributed by atoms with Crippen LogP contribution in [-0.2, 0) is 4.79 Å². The van der Waals surface area contributed by atoms with Crippen LogP contribution in [0, 0.1) is 0 Å². The number of aliphatic hydroxyl groups is 1. The van der Waals surface area contributed by atoms with Gasteiger partial charge in [0.2, 0.25) is 0 Å². The third kappa shape index (κ3) is 5.98. The molecule has 0 saturated heterocycles. The standard InChI is InChI=1S/C19H18BrClN2O3/c20-16-5-2-1-4-15(16)18(25)23-17(19(26)22-10-3-11-24)12-13-6-8-14(21)9-7-13/h1-2,4-9,12,24H,3,10-11H2,(H,22,26)(H,23,25)/b17-12+. The molecule has 7 heteroatoms. The van der Waals surface area contributed by atoms with Crippen LogP contribution in [0.3, 0.4) is 0 Å². The quantitative estimate of drug-likeness (QED) is 0.459. The normalized spacial score (nSPS) is 11.1. The molecule has 0 radical (unpaired) electrons. The van der Waals surface area contributed by atoms with Crippen molar-refractivity contribution in [3.05, 3.63) is 74.9 Å². The number of nitrogens with one attached hydrogen (secondary N) is 2. The lowest BCUT2D eigenvalue weighted by atomic mass is 10.1. The Balaban J connectivity index is 2.25. The van der Waals surface area contributed by atoms with Crippen molar-refractivity contribution in [2.75, 3.05) is 13.2 Å². The van der Waals surface area contributed by atoms with E-state index in [-0.39, 0.29) is 12.3 Å². The first kappa shape index (κ1) is 20.2. The molecule has 5 nitrogen and oxygen atoms in total. The number of aliphatic hydroxyl groups excluding tert-OH is 1. The Bertz CT molecular complexity index is 807. The molecule has 0 aliphatic rings. The smallest absolute Gasteiger partial charge is 0.267 e. The highest BCUT2D eigenvalue weighted by molar-refractivity contribution is 9.10. The number of rotatable bonds is 7. The second-order valence-electron chi connectivity index (χ2n) is 5.38. The molecule has 0 aliphatic carbocycles. The van der Waals surface area contributed by atoms with Crippen molar-refractivity contribution in [1.29, 1.82) is 0 Å². The van der Waals surface area contributed by atoms with Crippen molar-refractivity contribution >= 4 is 45.4 Å². The molecule has 0 saturated carbocycles. The molecule has 26 heavy (non-hydrogen) atoms. The van der Waals surface area contributed by atoms with Gasteiger partial charge in [0.1, 0.15) is 5.70 Å². The van der Waals surface area contributed by atoms with Crippen LogP contribution in [0.1, 0.15) is 22.3 Å². The van der Waals surface area contributed by atoms with Gasteiger partial charge in [-0.3, -0.25) is 9.59 Å². The summed E-state index contributed by atoms with van der Waals surface area (Å²) < 4.78 is 0.629. The monoisotopic (exact) mass is 436 g/mol. The lowest BCUT2D eigenvalue weighted by Crippen LogP contribution is -2.35. The predicted octanol–water partition coefficient (Wildman–Crippen LogP) is 3.37. The van der Waals surface area contributed by atoms with E-state index in [0.29, 0.717) is 33.6 Å². The molecule has 136 valence electrons. The van der Waals surface area contributed by atoms with Crippen LogP contribution in [-0.4, -0.2) is 30.1 Å². The minimum absolute atomic E-state index is 0.0279. The van der Waals surface area contributed by atoms with Gasteiger partial charge in [-0.25, -0.2) is 0 Å². The van der Waals surface area contributed by atoms with Gasteiger partial charge in [0, 0.05) is 22.6 Å². The number of hydrogen-bond donors (Lipinski definition) is 3. The summed E-state index contributed by atoms with van der Waals surface area (Å²) in [5.74, 6) is -0.844. The largest absolute Gasteiger partial charge is 0.396 e. The molecule has 0 unspecified atom stereocenters. The average molecular weight is 438 g/mol. The third-order valence-electron chi connectivity index (χ3n) is 3.41. The van der Waals surface area contributed by atoms with Gasteiger partial charge in [-0.05, 0) is 58.3 Å². The minimum atomic E-state index is -0.436. The van der Waals surface area contributed by atoms with Crippen molar-refractivity contribution in [3.63, 3.8) is 0 Å². The highest BCUT2D eigenvalue weighted by Gasteiger charge is 2.16. The van der Waals surface area contributed by atoms with E-state index in [2.05, 4.69) is 26.6 Å². The fourth-order valence-corrected chi connectivity index (χ4v) is 2.69. The zero-order valence-corrected chi connectivity index (χ0v) is 16.2. The second-order valence-corrected chi connectivity index (χ2v) is 6.67. The van der Waals surface area contributed by atoms with Crippen LogP contribution in [0.4, 0.5) is 0 Å². The zero-order valence-electron chi connectivity index (χ0n) is 13.8. The molecule has 0 aromatic heterocycles. The average Bonchev–Trinajstić information content (AvgIpc) is 2.63. The van der Waals surface area contributed by atoms with Crippen LogP contribution >= 0.6 is 27.5 Å². The van der Waals surface area contributed by atoms with Crippen molar-refractivity contribution in [2.24, 2.45) is 0 Å². The summed E-state index contributed by atoms with van der Waals surface area (Å²) >= 11 is 9.21. The van der Waals surface area contributed by atoms with Gasteiger partial charge < -0.3 is 15.7 Å². The van der Waals surface area contributed by atoms with Gasteiger partial charge in [-0.2, -0.15) is 0 Å². The number of benzene rings is 2. The fourth-order valence-electron chi connectivity index (χ4n) is 2.10. The van der Waals surface area contributed by atoms with Crippen LogP contribution in [0.2, 0.25) is 5.02 Å². The summed E-state index contributed by atoms with van der Waals surface area (Å²) in [6.07, 6.45) is 2.00. The SMILES string of the molecule is O=C(NCCCO)/C(=C\c1ccc(Cl)cc1)NC(=O)c1ccccc1Br. The summed E-state index contributed by atoms with van der Waals surface area (Å²) in [6, 6.07) is 13.8. The molecule has 0 atom stereocenters. The minimum Gasteiger partial charge on any atom is -0.396 e. The van der Waals surface area contributed by atoms with E-state index < -0.39 is 11.8 Å². The first-order valence-corrected chi connectivity index (χ1v) is 9.10. The van der Waals surface area contributed by atoms with Gasteiger partial charge in [-0.1, -0.05) is 35.9 Å². The zero-order chi connectivity index (χ0) is 18.9. The molecule has 2 amide bonds. The van der Waals surface area contributed by atoms with E-state index in [9.17, 15) is 9.59 Å². The first-order valence-electron chi connectivity index (χ1n) is 7.93. The van der Waals surface area contributed by atoms with Gasteiger partial charge in [0.15, 0.2) is 0 Å². The Hall–Kier alpha value is -2.15. The Labute approximate surface area is 165 Å². The Morgan fingerprint density at radius 1 is 1.12 bits per heavy atom. The van der Waals surface area contributed by atoms with Crippen molar-refractivity contribution in [1.82, 2.24) is 10.6 Å². The number of halogens is 2. The number of carbonyl (C=O) groups excluding carboxylic acids is 2. The van der Waals surface area contributed by atoms with E-state index in [0.717, 1.165) is 0 Å². The molecule has 0 spiro atoms. The summed E-state index contributed by atoms with van der Waals surface area (Å²) in [4.78, 5) is 25.0. The molecule has 2 aromatic rings. The molecule has 0 fully saturated rings. The van der Waals surface area contributed by atoms with Crippen LogP contribution in [0.5, 0.6) is 0 Å². The van der Waals surface area contributed by atoms with Crippen LogP contribution in [0.15, 0.2) is 58.7 Å². The van der Waals surface area contributed by atoms with Gasteiger partial charge in [0.05, 0.1) is 5.56 Å². The van der Waals surface area contributed by atoms with Crippen molar-refractivity contribution in [3.8, 4) is 0 Å². The van der Waals surface area contributed by atoms with Crippen LogP contribution < -0.4 is 10.6 Å². The highest BCUT2D eigenvalue weighted by atomic mass is 79.9. The lowest BCUT2D eigenvalue weighted by molar-refractivity contribution is -0.117. The maximum Gasteiger partial charge on any atom is 0.267 e. The van der Waals surface area contributed by atoms with Gasteiger partial charge >= 0.3 is 0 Å². The second kappa shape index (κ2) is 10.1. The summed E-state index contributed by atoms with van der Waals surface area (Å²) in [6.45, 7) is 0.276. The number of carbonyl (C=O) groups is 2. The van der Waals surface area contributed by atoms with Crippen molar-refractivity contribution in [2.45, 2.75) is 6.42 Å². The summed E-state index contributed by atoms with van der Waals surface area (Å²) in [5.41, 5.74) is 1.23. The molecule has 0 heterocycles. The van der Waals surface area contributed by atoms with E-state index in [4.69, 9.17) is 16.7 Å². The molecular weight excluding hydrogens is 420 g/mol. The summed E-state index contributed by atoms with van der Waals surface area (Å²) in [5, 5.41) is 14.7. The topological polar surface area (TPSA) is 78.4 Å². The Morgan fingerprint density at radius 3 is 2.46 bits per heavy atom. The molecule has 0 bridgehead atoms. The van der Waals surface area contributed by atoms with E-state index in [1.54, 1.807) is 54.6 Å². The number of amides is 2. The Morgan fingerprint density at radius 2 is 1.81 bits per heavy atom. The van der Waals surface area contributed by atoms with E-state index in [1.165, 1.54) is 0 Å². The summed E-state index contributed by atoms with van der Waals surface area (Å²) in [7, 11) is 0. The van der Waals surface area contributed by atoms with Crippen molar-refractivity contribution < 1.29 is 14.7 Å². The predicted molar refractivity (Wildman–Crippen MR) is 106 cm³/mol. The van der Waals surface area contributed by atoms with Gasteiger partial charge in [0.25, 0.3) is 11.8 Å². The third-order valence-corrected chi connectivity index (χ3v) is 4.36. The molecule has 2 aromatic carbocycles. The maximum atomic E-state index is 12.5. The fraction of sp³-hybridized carbons (Fsp3) is 0.158. The van der Waals surface area contributed by atoms with Gasteiger partial charge in [-0.15, -0.1) is 0 Å². The lowest BCUT2D eigenvalue weighted by Gasteiger charge is -2.12. The Kier molecular flexibility index (Phi) is 7.84. The first-order chi connectivity index (χ1) is 12.5.